The zero-order valence-corrected chi connectivity index (χ0v) is 17.2. The summed E-state index contributed by atoms with van der Waals surface area (Å²) in [5, 5.41) is 3.96. The van der Waals surface area contributed by atoms with Gasteiger partial charge in [0.25, 0.3) is 0 Å². The maximum Gasteiger partial charge on any atom is 0.248 e. The lowest BCUT2D eigenvalue weighted by molar-refractivity contribution is 0.100. The smallest absolute Gasteiger partial charge is 0.248 e. The number of hydrogen-bond donors (Lipinski definition) is 3. The van der Waals surface area contributed by atoms with Crippen LogP contribution in [-0.2, 0) is 0 Å². The maximum atomic E-state index is 11.6. The van der Waals surface area contributed by atoms with Gasteiger partial charge in [0.1, 0.15) is 22.6 Å². The number of imidazole rings is 1. The lowest BCUT2D eigenvalue weighted by Gasteiger charge is -2.15. The van der Waals surface area contributed by atoms with Crippen LogP contribution in [-0.4, -0.2) is 27.0 Å². The number of aryl methyl sites for hydroxylation is 1. The fourth-order valence-corrected chi connectivity index (χ4v) is 3.77. The molecule has 0 saturated heterocycles. The molecule has 4 rings (SSSR count). The Labute approximate surface area is 171 Å². The van der Waals surface area contributed by atoms with Gasteiger partial charge in [-0.05, 0) is 51.1 Å². The fraction of sp³-hybridized carbons (Fsp3) is 0.211. The molecular weight excluding hydrogens is 398 g/mol. The van der Waals surface area contributed by atoms with Gasteiger partial charge in [0.15, 0.2) is 5.13 Å². The van der Waals surface area contributed by atoms with Crippen molar-refractivity contribution in [2.24, 2.45) is 5.73 Å². The molecule has 0 fully saturated rings. The minimum absolute atomic E-state index is 0. The molecule has 7 nitrogen and oxygen atoms in total. The van der Waals surface area contributed by atoms with Crippen LogP contribution in [0.1, 0.15) is 30.0 Å². The van der Waals surface area contributed by atoms with E-state index in [0.717, 1.165) is 27.1 Å². The number of nitrogens with one attached hydrogen (secondary N) is 2. The van der Waals surface area contributed by atoms with E-state index in [1.807, 2.05) is 32.9 Å². The van der Waals surface area contributed by atoms with Crippen LogP contribution < -0.4 is 15.8 Å². The first-order chi connectivity index (χ1) is 12.9. The van der Waals surface area contributed by atoms with Gasteiger partial charge in [0.2, 0.25) is 5.91 Å². The third kappa shape index (κ3) is 3.74. The molecule has 0 aliphatic carbocycles. The van der Waals surface area contributed by atoms with Crippen molar-refractivity contribution in [1.82, 2.24) is 15.0 Å². The van der Waals surface area contributed by atoms with Crippen molar-refractivity contribution in [3.05, 3.63) is 41.7 Å². The van der Waals surface area contributed by atoms with Crippen molar-refractivity contribution in [1.29, 1.82) is 0 Å². The number of carbonyl (C=O) groups is 1. The van der Waals surface area contributed by atoms with Gasteiger partial charge in [0.05, 0.1) is 22.0 Å². The molecule has 0 spiro atoms. The largest absolute Gasteiger partial charge is 0.489 e. The lowest BCUT2D eigenvalue weighted by atomic mass is 10.1. The quantitative estimate of drug-likeness (QED) is 0.442. The van der Waals surface area contributed by atoms with E-state index in [4.69, 9.17) is 15.5 Å². The first-order valence-electron chi connectivity index (χ1n) is 8.54. The van der Waals surface area contributed by atoms with Gasteiger partial charge in [0, 0.05) is 5.56 Å². The highest BCUT2D eigenvalue weighted by molar-refractivity contribution is 7.22. The molecular formula is C19H20ClN5O2S. The predicted octanol–water partition coefficient (Wildman–Crippen LogP) is 4.53. The number of carbonyl (C=O) groups excluding carboxylic acids is 1. The average molecular weight is 418 g/mol. The van der Waals surface area contributed by atoms with Crippen LogP contribution in [0.4, 0.5) is 10.8 Å². The fourth-order valence-electron chi connectivity index (χ4n) is 2.89. The Bertz CT molecular complexity index is 1170. The number of hydrogen-bond acceptors (Lipinski definition) is 6. The van der Waals surface area contributed by atoms with Gasteiger partial charge in [-0.2, -0.15) is 0 Å². The average Bonchev–Trinajstić information content (AvgIpc) is 3.17. The van der Waals surface area contributed by atoms with E-state index in [2.05, 4.69) is 15.3 Å². The molecule has 0 bridgehead atoms. The number of rotatable bonds is 5. The minimum atomic E-state index is -0.493. The molecule has 2 heterocycles. The van der Waals surface area contributed by atoms with E-state index < -0.39 is 5.91 Å². The number of thiazole rings is 1. The topological polar surface area (TPSA) is 106 Å². The highest BCUT2D eigenvalue weighted by Gasteiger charge is 2.14. The highest BCUT2D eigenvalue weighted by atomic mass is 35.5. The predicted molar refractivity (Wildman–Crippen MR) is 115 cm³/mol. The summed E-state index contributed by atoms with van der Waals surface area (Å²) in [6.07, 6.45) is -0.00741. The van der Waals surface area contributed by atoms with E-state index in [0.29, 0.717) is 22.1 Å². The van der Waals surface area contributed by atoms with Crippen LogP contribution in [0, 0.1) is 6.92 Å². The Morgan fingerprint density at radius 2 is 2.00 bits per heavy atom. The van der Waals surface area contributed by atoms with Crippen LogP contribution in [0.25, 0.3) is 21.3 Å². The number of anilines is 2. The molecule has 0 atom stereocenters. The van der Waals surface area contributed by atoms with Crippen LogP contribution in [0.2, 0.25) is 0 Å². The van der Waals surface area contributed by atoms with Gasteiger partial charge >= 0.3 is 0 Å². The molecule has 2 aromatic heterocycles. The Kier molecular flexibility index (Phi) is 5.44. The molecule has 9 heteroatoms. The van der Waals surface area contributed by atoms with Crippen molar-refractivity contribution in [2.75, 3.05) is 5.32 Å². The van der Waals surface area contributed by atoms with E-state index in [-0.39, 0.29) is 18.5 Å². The third-order valence-corrected chi connectivity index (χ3v) is 4.93. The normalized spacial score (nSPS) is 11.0. The van der Waals surface area contributed by atoms with Crippen LogP contribution in [0.15, 0.2) is 30.3 Å². The summed E-state index contributed by atoms with van der Waals surface area (Å²) in [7, 11) is 0. The molecule has 0 unspecified atom stereocenters. The van der Waals surface area contributed by atoms with Crippen molar-refractivity contribution in [3.8, 4) is 5.75 Å². The molecule has 2 aromatic carbocycles. The van der Waals surface area contributed by atoms with Crippen LogP contribution >= 0.6 is 23.7 Å². The van der Waals surface area contributed by atoms with E-state index in [9.17, 15) is 4.79 Å². The molecule has 28 heavy (non-hydrogen) atoms. The Balaban J connectivity index is 0.00000225. The second-order valence-corrected chi connectivity index (χ2v) is 7.55. The first-order valence-corrected chi connectivity index (χ1v) is 9.36. The standard InChI is InChI=1S/C19H19N5O2S.ClH/c1-9(2)26-14-6-4-11(18(20)25)8-13(14)23-19-24-17-15(27-19)7-5-12-16(17)22-10(3)21-12;/h4-9H,1-3H3,(H2,20,25)(H,21,22)(H,23,24);1H. The zero-order valence-electron chi connectivity index (χ0n) is 15.6. The van der Waals surface area contributed by atoms with Gasteiger partial charge in [-0.25, -0.2) is 9.97 Å². The van der Waals surface area contributed by atoms with E-state index in [1.54, 1.807) is 18.2 Å². The van der Waals surface area contributed by atoms with Gasteiger partial charge in [-0.1, -0.05) is 11.3 Å². The summed E-state index contributed by atoms with van der Waals surface area (Å²) in [5.41, 5.74) is 9.11. The van der Waals surface area contributed by atoms with Gasteiger partial charge < -0.3 is 20.8 Å². The number of primary amides is 1. The number of H-pyrrole nitrogens is 1. The number of amides is 1. The number of ether oxygens (including phenoxy) is 1. The molecule has 0 aliphatic heterocycles. The summed E-state index contributed by atoms with van der Waals surface area (Å²) in [4.78, 5) is 24.0. The summed E-state index contributed by atoms with van der Waals surface area (Å²) in [5.74, 6) is 0.990. The van der Waals surface area contributed by atoms with Crippen LogP contribution in [0.3, 0.4) is 0 Å². The van der Waals surface area contributed by atoms with Crippen molar-refractivity contribution in [3.63, 3.8) is 0 Å². The van der Waals surface area contributed by atoms with E-state index >= 15 is 0 Å². The summed E-state index contributed by atoms with van der Waals surface area (Å²) in [6, 6.07) is 9.09. The Morgan fingerprint density at radius 1 is 1.21 bits per heavy atom. The first kappa shape index (κ1) is 19.9. The number of nitrogens with two attached hydrogens (primary N) is 1. The summed E-state index contributed by atoms with van der Waals surface area (Å²) < 4.78 is 6.87. The Hall–Kier alpha value is -2.84. The summed E-state index contributed by atoms with van der Waals surface area (Å²) >= 11 is 1.51. The van der Waals surface area contributed by atoms with Crippen molar-refractivity contribution >= 4 is 61.7 Å². The number of aromatic amines is 1. The minimum Gasteiger partial charge on any atom is -0.489 e. The van der Waals surface area contributed by atoms with Crippen molar-refractivity contribution < 1.29 is 9.53 Å². The molecule has 1 amide bonds. The molecule has 146 valence electrons. The van der Waals surface area contributed by atoms with Crippen molar-refractivity contribution in [2.45, 2.75) is 26.9 Å². The van der Waals surface area contributed by atoms with Crippen LogP contribution in [0.5, 0.6) is 5.75 Å². The second kappa shape index (κ2) is 7.65. The number of fused-ring (bicyclic) bond motifs is 3. The lowest BCUT2D eigenvalue weighted by Crippen LogP contribution is -2.12. The summed E-state index contributed by atoms with van der Waals surface area (Å²) in [6.45, 7) is 5.81. The number of nitrogens with zero attached hydrogens (tertiary/aromatic N) is 2. The molecule has 0 radical (unpaired) electrons. The Morgan fingerprint density at radius 3 is 2.71 bits per heavy atom. The molecule has 0 saturated carbocycles. The SMILES string of the molecule is Cc1nc2c(ccc3sc(Nc4cc(C(N)=O)ccc4OC(C)C)nc32)[nH]1.Cl. The monoisotopic (exact) mass is 417 g/mol. The molecule has 4 aromatic rings. The number of halogens is 1. The molecule has 4 N–H and O–H groups in total. The number of benzene rings is 2. The third-order valence-electron chi connectivity index (χ3n) is 4.00. The highest BCUT2D eigenvalue weighted by Crippen LogP contribution is 2.35. The second-order valence-electron chi connectivity index (χ2n) is 6.52. The maximum absolute atomic E-state index is 11.6. The zero-order chi connectivity index (χ0) is 19.1. The van der Waals surface area contributed by atoms with Gasteiger partial charge in [-0.3, -0.25) is 4.79 Å². The number of aromatic nitrogens is 3. The van der Waals surface area contributed by atoms with Gasteiger partial charge in [-0.15, -0.1) is 12.4 Å². The molecule has 0 aliphatic rings. The van der Waals surface area contributed by atoms with E-state index in [1.165, 1.54) is 11.3 Å².